The molecule has 0 bridgehead atoms. The van der Waals surface area contributed by atoms with Gasteiger partial charge < -0.3 is 0 Å². The van der Waals surface area contributed by atoms with Crippen molar-refractivity contribution in [3.63, 3.8) is 0 Å². The van der Waals surface area contributed by atoms with E-state index in [4.69, 9.17) is 0 Å². The van der Waals surface area contributed by atoms with Crippen LogP contribution in [0.3, 0.4) is 0 Å². The number of nitrogens with one attached hydrogen (secondary N) is 2. The van der Waals surface area contributed by atoms with Crippen molar-refractivity contribution >= 4 is 20.0 Å². The number of hydrogen-bond acceptors (Lipinski definition) is 4. The summed E-state index contributed by atoms with van der Waals surface area (Å²) >= 11 is 0. The highest BCUT2D eigenvalue weighted by Gasteiger charge is 2.35. The summed E-state index contributed by atoms with van der Waals surface area (Å²) in [6.45, 7) is -0.0408. The van der Waals surface area contributed by atoms with E-state index in [0.717, 1.165) is 12.8 Å². The van der Waals surface area contributed by atoms with E-state index in [-0.39, 0.29) is 23.6 Å². The zero-order valence-electron chi connectivity index (χ0n) is 8.85. The summed E-state index contributed by atoms with van der Waals surface area (Å²) in [5.74, 6) is -0.185. The smallest absolute Gasteiger partial charge is 0.214 e. The van der Waals surface area contributed by atoms with Crippen LogP contribution in [-0.4, -0.2) is 40.4 Å². The minimum Gasteiger partial charge on any atom is -0.214 e. The van der Waals surface area contributed by atoms with Gasteiger partial charge >= 0.3 is 0 Å². The lowest BCUT2D eigenvalue weighted by Crippen LogP contribution is -2.36. The van der Waals surface area contributed by atoms with Crippen LogP contribution in [0.4, 0.5) is 0 Å². The number of sulfonamides is 2. The van der Waals surface area contributed by atoms with Gasteiger partial charge in [-0.2, -0.15) is 0 Å². The largest absolute Gasteiger partial charge is 0.214 e. The highest BCUT2D eigenvalue weighted by molar-refractivity contribution is 7.90. The van der Waals surface area contributed by atoms with Gasteiger partial charge in [0.25, 0.3) is 0 Å². The van der Waals surface area contributed by atoms with Crippen LogP contribution in [0.15, 0.2) is 0 Å². The minimum absolute atomic E-state index is 0.0408. The molecule has 6 nitrogen and oxygen atoms in total. The summed E-state index contributed by atoms with van der Waals surface area (Å²) in [5, 5.41) is -0.299. The van der Waals surface area contributed by atoms with Crippen molar-refractivity contribution in [1.29, 1.82) is 0 Å². The van der Waals surface area contributed by atoms with Gasteiger partial charge in [0.1, 0.15) is 0 Å². The first-order valence-corrected chi connectivity index (χ1v) is 8.57. The molecule has 0 atom stereocenters. The van der Waals surface area contributed by atoms with Crippen LogP contribution in [0.2, 0.25) is 0 Å². The Bertz CT molecular complexity index is 448. The van der Waals surface area contributed by atoms with Crippen molar-refractivity contribution < 1.29 is 16.8 Å². The Hall–Kier alpha value is -0.180. The summed E-state index contributed by atoms with van der Waals surface area (Å²) in [5.41, 5.74) is 0. The summed E-state index contributed by atoms with van der Waals surface area (Å²) in [6, 6.07) is 0.0741. The predicted molar refractivity (Wildman–Crippen MR) is 59.9 cm³/mol. The molecule has 0 amide bonds. The molecule has 0 aliphatic heterocycles. The highest BCUT2D eigenvalue weighted by atomic mass is 32.2. The maximum Gasteiger partial charge on any atom is 0.214 e. The maximum atomic E-state index is 11.4. The van der Waals surface area contributed by atoms with Crippen molar-refractivity contribution in [2.75, 3.05) is 12.3 Å². The Morgan fingerprint density at radius 1 is 1.00 bits per heavy atom. The van der Waals surface area contributed by atoms with Gasteiger partial charge in [0, 0.05) is 12.6 Å². The van der Waals surface area contributed by atoms with E-state index < -0.39 is 20.0 Å². The average molecular weight is 268 g/mol. The van der Waals surface area contributed by atoms with Crippen LogP contribution in [0.25, 0.3) is 0 Å². The third-order valence-electron chi connectivity index (χ3n) is 2.56. The molecule has 2 N–H and O–H groups in total. The lowest BCUT2D eigenvalue weighted by atomic mass is 10.8. The monoisotopic (exact) mass is 268 g/mol. The van der Waals surface area contributed by atoms with Crippen molar-refractivity contribution in [3.8, 4) is 0 Å². The zero-order valence-corrected chi connectivity index (χ0v) is 10.5. The van der Waals surface area contributed by atoms with Gasteiger partial charge in [0.2, 0.25) is 20.0 Å². The molecule has 0 aromatic carbocycles. The van der Waals surface area contributed by atoms with Gasteiger partial charge in [-0.3, -0.25) is 0 Å². The van der Waals surface area contributed by atoms with Gasteiger partial charge in [-0.15, -0.1) is 0 Å². The molecule has 2 aliphatic carbocycles. The molecule has 0 unspecified atom stereocenters. The molecule has 0 radical (unpaired) electrons. The second-order valence-electron chi connectivity index (χ2n) is 4.35. The normalized spacial score (nSPS) is 22.2. The molecule has 0 aromatic rings. The first-order chi connectivity index (χ1) is 7.39. The second-order valence-corrected chi connectivity index (χ2v) is 8.27. The van der Waals surface area contributed by atoms with E-state index in [0.29, 0.717) is 12.8 Å². The SMILES string of the molecule is O=S(=O)(CCNS(=O)(=O)C1CC1)NC1CC1. The molecule has 8 heteroatoms. The highest BCUT2D eigenvalue weighted by Crippen LogP contribution is 2.27. The van der Waals surface area contributed by atoms with Gasteiger partial charge in [0.15, 0.2) is 0 Å². The quantitative estimate of drug-likeness (QED) is 0.629. The van der Waals surface area contributed by atoms with Gasteiger partial charge in [-0.05, 0) is 25.7 Å². The molecule has 2 fully saturated rings. The molecule has 0 spiro atoms. The van der Waals surface area contributed by atoms with Gasteiger partial charge in [-0.25, -0.2) is 26.3 Å². The maximum absolute atomic E-state index is 11.4. The van der Waals surface area contributed by atoms with Crippen LogP contribution in [0, 0.1) is 0 Å². The van der Waals surface area contributed by atoms with E-state index in [1.54, 1.807) is 0 Å². The summed E-state index contributed by atoms with van der Waals surface area (Å²) in [6.07, 6.45) is 3.13. The Kier molecular flexibility index (Phi) is 3.26. The van der Waals surface area contributed by atoms with Crippen LogP contribution in [0.1, 0.15) is 25.7 Å². The fourth-order valence-corrected chi connectivity index (χ4v) is 4.07. The summed E-state index contributed by atoms with van der Waals surface area (Å²) in [7, 11) is -6.59. The Labute approximate surface area is 95.9 Å². The Morgan fingerprint density at radius 2 is 1.62 bits per heavy atom. The molecule has 2 rings (SSSR count). The number of rotatable bonds is 7. The molecule has 0 saturated heterocycles. The fourth-order valence-electron chi connectivity index (χ4n) is 1.33. The van der Waals surface area contributed by atoms with Crippen LogP contribution >= 0.6 is 0 Å². The first-order valence-electron chi connectivity index (χ1n) is 5.37. The van der Waals surface area contributed by atoms with Gasteiger partial charge in [-0.1, -0.05) is 0 Å². The van der Waals surface area contributed by atoms with E-state index in [2.05, 4.69) is 9.44 Å². The molecule has 0 aromatic heterocycles. The van der Waals surface area contributed by atoms with Crippen molar-refractivity contribution in [2.45, 2.75) is 37.0 Å². The average Bonchev–Trinajstić information content (AvgIpc) is 2.97. The van der Waals surface area contributed by atoms with E-state index >= 15 is 0 Å². The first kappa shape index (κ1) is 12.3. The van der Waals surface area contributed by atoms with Crippen molar-refractivity contribution in [1.82, 2.24) is 9.44 Å². The standard InChI is InChI=1S/C8H16N2O4S2/c11-15(12,10-7-1-2-7)6-5-9-16(13,14)8-3-4-8/h7-10H,1-6H2. The van der Waals surface area contributed by atoms with Crippen LogP contribution in [-0.2, 0) is 20.0 Å². The molecule has 16 heavy (non-hydrogen) atoms. The Balaban J connectivity index is 1.74. The molecule has 2 aliphatic rings. The van der Waals surface area contributed by atoms with Crippen molar-refractivity contribution in [3.05, 3.63) is 0 Å². The fraction of sp³-hybridized carbons (Fsp3) is 1.00. The number of hydrogen-bond donors (Lipinski definition) is 2. The minimum atomic E-state index is -3.32. The van der Waals surface area contributed by atoms with E-state index in [1.165, 1.54) is 0 Å². The third-order valence-corrected chi connectivity index (χ3v) is 5.95. The molecular weight excluding hydrogens is 252 g/mol. The van der Waals surface area contributed by atoms with Gasteiger partial charge in [0.05, 0.1) is 11.0 Å². The van der Waals surface area contributed by atoms with Crippen LogP contribution < -0.4 is 9.44 Å². The lowest BCUT2D eigenvalue weighted by Gasteiger charge is -2.07. The molecule has 2 saturated carbocycles. The lowest BCUT2D eigenvalue weighted by molar-refractivity contribution is 0.574. The Morgan fingerprint density at radius 3 is 2.12 bits per heavy atom. The second kappa shape index (κ2) is 4.25. The van der Waals surface area contributed by atoms with Crippen molar-refractivity contribution in [2.24, 2.45) is 0 Å². The topological polar surface area (TPSA) is 92.3 Å². The molecule has 94 valence electrons. The zero-order chi connectivity index (χ0) is 11.8. The molecular formula is C8H16N2O4S2. The van der Waals surface area contributed by atoms with E-state index in [1.807, 2.05) is 0 Å². The van der Waals surface area contributed by atoms with E-state index in [9.17, 15) is 16.8 Å². The third kappa shape index (κ3) is 3.69. The van der Waals surface area contributed by atoms with Crippen LogP contribution in [0.5, 0.6) is 0 Å². The summed E-state index contributed by atoms with van der Waals surface area (Å²) in [4.78, 5) is 0. The molecule has 0 heterocycles. The summed E-state index contributed by atoms with van der Waals surface area (Å²) < 4.78 is 50.4. The predicted octanol–water partition coefficient (Wildman–Crippen LogP) is -0.850.